The van der Waals surface area contributed by atoms with Gasteiger partial charge in [-0.1, -0.05) is 23.7 Å². The van der Waals surface area contributed by atoms with Crippen LogP contribution in [0.1, 0.15) is 17.3 Å². The predicted molar refractivity (Wildman–Crippen MR) is 76.5 cm³/mol. The zero-order valence-corrected chi connectivity index (χ0v) is 11.6. The van der Waals surface area contributed by atoms with Crippen molar-refractivity contribution >= 4 is 17.5 Å². The molecule has 0 aromatic heterocycles. The quantitative estimate of drug-likeness (QED) is 0.935. The first-order valence-electron chi connectivity index (χ1n) is 6.05. The van der Waals surface area contributed by atoms with Gasteiger partial charge in [-0.15, -0.1) is 0 Å². The molecule has 0 bridgehead atoms. The number of ether oxygens (including phenoxy) is 1. The molecule has 0 aliphatic carbocycles. The molecule has 2 aromatic carbocycles. The molecule has 0 heterocycles. The van der Waals surface area contributed by atoms with E-state index in [-0.39, 0.29) is 5.56 Å². The van der Waals surface area contributed by atoms with Crippen LogP contribution < -0.4 is 10.5 Å². The van der Waals surface area contributed by atoms with E-state index in [9.17, 15) is 9.18 Å². The van der Waals surface area contributed by atoms with Gasteiger partial charge in [-0.3, -0.25) is 4.79 Å². The lowest BCUT2D eigenvalue weighted by atomic mass is 9.98. The summed E-state index contributed by atoms with van der Waals surface area (Å²) in [5, 5.41) is 0.461. The topological polar surface area (TPSA) is 52.3 Å². The summed E-state index contributed by atoms with van der Waals surface area (Å²) in [5.74, 6) is -0.983. The van der Waals surface area contributed by atoms with E-state index in [2.05, 4.69) is 0 Å². The third kappa shape index (κ3) is 2.75. The minimum absolute atomic E-state index is 0.171. The minimum Gasteiger partial charge on any atom is -0.493 e. The van der Waals surface area contributed by atoms with Crippen molar-refractivity contribution < 1.29 is 13.9 Å². The van der Waals surface area contributed by atoms with Crippen LogP contribution in [-0.4, -0.2) is 12.5 Å². The Bertz CT molecular complexity index is 658. The number of carbonyl (C=O) groups excluding carboxylic acids is 1. The zero-order chi connectivity index (χ0) is 14.7. The lowest BCUT2D eigenvalue weighted by Gasteiger charge is -2.13. The van der Waals surface area contributed by atoms with E-state index < -0.39 is 11.7 Å². The Balaban J connectivity index is 2.71. The fourth-order valence-electron chi connectivity index (χ4n) is 1.99. The Morgan fingerprint density at radius 1 is 1.30 bits per heavy atom. The number of nitrogens with two attached hydrogens (primary N) is 1. The fourth-order valence-corrected chi connectivity index (χ4v) is 2.17. The maximum atomic E-state index is 13.8. The monoisotopic (exact) mass is 293 g/mol. The Kier molecular flexibility index (Phi) is 4.25. The molecule has 2 aromatic rings. The molecule has 0 unspecified atom stereocenters. The molecule has 0 saturated carbocycles. The second-order valence-corrected chi connectivity index (χ2v) is 4.54. The van der Waals surface area contributed by atoms with E-state index >= 15 is 0 Å². The molecule has 0 radical (unpaired) electrons. The van der Waals surface area contributed by atoms with Gasteiger partial charge in [0.15, 0.2) is 0 Å². The first-order chi connectivity index (χ1) is 9.54. The number of halogens is 2. The lowest BCUT2D eigenvalue weighted by molar-refractivity contribution is 0.0997. The molecule has 3 nitrogen and oxygen atoms in total. The predicted octanol–water partition coefficient (Wildman–Crippen LogP) is 3.64. The van der Waals surface area contributed by atoms with E-state index in [0.717, 1.165) is 0 Å². The first kappa shape index (κ1) is 14.3. The highest BCUT2D eigenvalue weighted by Crippen LogP contribution is 2.35. The molecule has 0 atom stereocenters. The standard InChI is InChI=1S/C15H13ClFNO2/c1-2-20-13-7-6-9(16)8-11(13)10-4-3-5-12(17)14(10)15(18)19/h3-8H,2H2,1H3,(H2,18,19). The molecule has 0 aliphatic rings. The van der Waals surface area contributed by atoms with Crippen LogP contribution in [0.2, 0.25) is 5.02 Å². The third-order valence-corrected chi connectivity index (χ3v) is 3.03. The van der Waals surface area contributed by atoms with Crippen molar-refractivity contribution in [3.05, 3.63) is 52.8 Å². The fraction of sp³-hybridized carbons (Fsp3) is 0.133. The molecule has 104 valence electrons. The molecule has 20 heavy (non-hydrogen) atoms. The highest BCUT2D eigenvalue weighted by atomic mass is 35.5. The zero-order valence-electron chi connectivity index (χ0n) is 10.8. The van der Waals surface area contributed by atoms with Crippen molar-refractivity contribution in [2.24, 2.45) is 5.73 Å². The van der Waals surface area contributed by atoms with E-state index in [1.165, 1.54) is 12.1 Å². The van der Waals surface area contributed by atoms with Crippen LogP contribution in [0.5, 0.6) is 5.75 Å². The van der Waals surface area contributed by atoms with Gasteiger partial charge in [0.25, 0.3) is 5.91 Å². The van der Waals surface area contributed by atoms with Crippen LogP contribution in [0.25, 0.3) is 11.1 Å². The number of carbonyl (C=O) groups is 1. The smallest absolute Gasteiger partial charge is 0.252 e. The summed E-state index contributed by atoms with van der Waals surface area (Å²) in [7, 11) is 0. The largest absolute Gasteiger partial charge is 0.493 e. The van der Waals surface area contributed by atoms with Gasteiger partial charge in [-0.05, 0) is 31.2 Å². The summed E-state index contributed by atoms with van der Waals surface area (Å²) in [5.41, 5.74) is 5.99. The van der Waals surface area contributed by atoms with Crippen LogP contribution >= 0.6 is 11.6 Å². The van der Waals surface area contributed by atoms with Crippen LogP contribution in [-0.2, 0) is 0 Å². The van der Waals surface area contributed by atoms with Crippen molar-refractivity contribution in [2.45, 2.75) is 6.92 Å². The number of rotatable bonds is 4. The van der Waals surface area contributed by atoms with Crippen LogP contribution in [0.15, 0.2) is 36.4 Å². The molecule has 2 rings (SSSR count). The average molecular weight is 294 g/mol. The van der Waals surface area contributed by atoms with E-state index in [1.54, 1.807) is 24.3 Å². The maximum Gasteiger partial charge on any atom is 0.252 e. The highest BCUT2D eigenvalue weighted by molar-refractivity contribution is 6.31. The van der Waals surface area contributed by atoms with Crippen molar-refractivity contribution in [1.82, 2.24) is 0 Å². The van der Waals surface area contributed by atoms with Gasteiger partial charge in [0.1, 0.15) is 11.6 Å². The Labute approximate surface area is 121 Å². The molecule has 0 aliphatic heterocycles. The van der Waals surface area contributed by atoms with Crippen LogP contribution in [0, 0.1) is 5.82 Å². The summed E-state index contributed by atoms with van der Waals surface area (Å²) in [6.45, 7) is 2.27. The van der Waals surface area contributed by atoms with Crippen molar-refractivity contribution in [1.29, 1.82) is 0 Å². The van der Waals surface area contributed by atoms with E-state index in [1.807, 2.05) is 6.92 Å². The normalized spacial score (nSPS) is 10.3. The molecular weight excluding hydrogens is 281 g/mol. The molecule has 2 N–H and O–H groups in total. The van der Waals surface area contributed by atoms with Gasteiger partial charge in [-0.2, -0.15) is 0 Å². The Morgan fingerprint density at radius 2 is 2.05 bits per heavy atom. The summed E-state index contributed by atoms with van der Waals surface area (Å²) in [6, 6.07) is 9.27. The minimum atomic E-state index is -0.833. The van der Waals surface area contributed by atoms with Crippen LogP contribution in [0.3, 0.4) is 0 Å². The summed E-state index contributed by atoms with van der Waals surface area (Å²) in [4.78, 5) is 11.5. The Morgan fingerprint density at radius 3 is 2.70 bits per heavy atom. The van der Waals surface area contributed by atoms with Crippen molar-refractivity contribution in [3.8, 4) is 16.9 Å². The molecule has 0 spiro atoms. The number of amides is 1. The Hall–Kier alpha value is -2.07. The maximum absolute atomic E-state index is 13.8. The number of benzene rings is 2. The van der Waals surface area contributed by atoms with Gasteiger partial charge in [0, 0.05) is 16.1 Å². The molecule has 0 fully saturated rings. The average Bonchev–Trinajstić information content (AvgIpc) is 2.40. The summed E-state index contributed by atoms with van der Waals surface area (Å²) >= 11 is 5.97. The van der Waals surface area contributed by atoms with Gasteiger partial charge < -0.3 is 10.5 Å². The van der Waals surface area contributed by atoms with Crippen LogP contribution in [0.4, 0.5) is 4.39 Å². The second-order valence-electron chi connectivity index (χ2n) is 4.10. The van der Waals surface area contributed by atoms with Gasteiger partial charge in [0.05, 0.1) is 12.2 Å². The van der Waals surface area contributed by atoms with Crippen molar-refractivity contribution in [2.75, 3.05) is 6.61 Å². The van der Waals surface area contributed by atoms with Crippen molar-refractivity contribution in [3.63, 3.8) is 0 Å². The first-order valence-corrected chi connectivity index (χ1v) is 6.43. The van der Waals surface area contributed by atoms with Gasteiger partial charge in [0.2, 0.25) is 0 Å². The third-order valence-electron chi connectivity index (χ3n) is 2.79. The molecule has 1 amide bonds. The molecule has 5 heteroatoms. The summed E-state index contributed by atoms with van der Waals surface area (Å²) in [6.07, 6.45) is 0. The molecule has 0 saturated heterocycles. The van der Waals surface area contributed by atoms with E-state index in [0.29, 0.717) is 28.5 Å². The number of primary amides is 1. The number of hydrogen-bond donors (Lipinski definition) is 1. The highest BCUT2D eigenvalue weighted by Gasteiger charge is 2.18. The molecular formula is C15H13ClFNO2. The van der Waals surface area contributed by atoms with Gasteiger partial charge in [-0.25, -0.2) is 4.39 Å². The van der Waals surface area contributed by atoms with Gasteiger partial charge >= 0.3 is 0 Å². The second kappa shape index (κ2) is 5.92. The lowest BCUT2D eigenvalue weighted by Crippen LogP contribution is -2.14. The number of hydrogen-bond acceptors (Lipinski definition) is 2. The SMILES string of the molecule is CCOc1ccc(Cl)cc1-c1cccc(F)c1C(N)=O. The van der Waals surface area contributed by atoms with E-state index in [4.69, 9.17) is 22.1 Å². The summed E-state index contributed by atoms with van der Waals surface area (Å²) < 4.78 is 19.3.